The van der Waals surface area contributed by atoms with Crippen LogP contribution in [0.15, 0.2) is 6.07 Å². The van der Waals surface area contributed by atoms with Crippen LogP contribution in [-0.4, -0.2) is 34.4 Å². The fourth-order valence-corrected chi connectivity index (χ4v) is 1.60. The molecule has 6 heteroatoms. The molecule has 1 aromatic rings. The summed E-state index contributed by atoms with van der Waals surface area (Å²) >= 11 is 0. The highest BCUT2D eigenvalue weighted by atomic mass is 16.5. The lowest BCUT2D eigenvalue weighted by molar-refractivity contribution is -0.136. The van der Waals surface area contributed by atoms with Crippen molar-refractivity contribution in [3.63, 3.8) is 0 Å². The third-order valence-corrected chi connectivity index (χ3v) is 2.39. The van der Waals surface area contributed by atoms with E-state index >= 15 is 0 Å². The largest absolute Gasteiger partial charge is 0.508 e. The minimum atomic E-state index is -1.30. The topological polar surface area (TPSA) is 104 Å². The van der Waals surface area contributed by atoms with Crippen molar-refractivity contribution in [3.8, 4) is 11.5 Å². The van der Waals surface area contributed by atoms with Gasteiger partial charge in [0.2, 0.25) is 0 Å². The summed E-state index contributed by atoms with van der Waals surface area (Å²) in [6.07, 6.45) is -0.480. The highest BCUT2D eigenvalue weighted by Gasteiger charge is 2.22. The summed E-state index contributed by atoms with van der Waals surface area (Å²) in [6, 6.07) is 1.21. The highest BCUT2D eigenvalue weighted by Crippen LogP contribution is 2.32. The van der Waals surface area contributed by atoms with Crippen molar-refractivity contribution in [2.45, 2.75) is 13.3 Å². The third kappa shape index (κ3) is 2.47. The number of aromatic hydroxyl groups is 1. The first-order valence-electron chi connectivity index (χ1n) is 4.73. The second-order valence-electron chi connectivity index (χ2n) is 3.45. The van der Waals surface area contributed by atoms with E-state index in [1.165, 1.54) is 20.1 Å². The molecule has 0 fully saturated rings. The number of phenols is 1. The summed E-state index contributed by atoms with van der Waals surface area (Å²) in [4.78, 5) is 21.8. The number of hydrogen-bond acceptors (Lipinski definition) is 4. The number of aliphatic carboxylic acids is 1. The Morgan fingerprint density at radius 2 is 1.94 bits per heavy atom. The molecule has 1 aromatic carbocycles. The molecule has 0 aromatic heterocycles. The second kappa shape index (κ2) is 4.73. The van der Waals surface area contributed by atoms with Gasteiger partial charge in [0.25, 0.3) is 0 Å². The van der Waals surface area contributed by atoms with Crippen LogP contribution in [0.5, 0.6) is 11.5 Å². The van der Waals surface area contributed by atoms with Crippen LogP contribution in [0.1, 0.15) is 21.5 Å². The van der Waals surface area contributed by atoms with Gasteiger partial charge in [-0.25, -0.2) is 4.79 Å². The Balaban J connectivity index is 3.55. The van der Waals surface area contributed by atoms with Crippen LogP contribution >= 0.6 is 0 Å². The van der Waals surface area contributed by atoms with E-state index in [0.717, 1.165) is 0 Å². The molecule has 0 saturated heterocycles. The minimum Gasteiger partial charge on any atom is -0.508 e. The summed E-state index contributed by atoms with van der Waals surface area (Å²) < 4.78 is 4.89. The summed E-state index contributed by atoms with van der Waals surface area (Å²) in [7, 11) is 1.28. The van der Waals surface area contributed by atoms with E-state index < -0.39 is 18.4 Å². The Labute approximate surface area is 97.1 Å². The molecule has 0 radical (unpaired) electrons. The zero-order valence-corrected chi connectivity index (χ0v) is 9.35. The smallest absolute Gasteiger partial charge is 0.336 e. The molecule has 0 amide bonds. The number of benzene rings is 1. The lowest BCUT2D eigenvalue weighted by atomic mass is 9.97. The number of hydrogen-bond donors (Lipinski definition) is 3. The Bertz CT molecular complexity index is 477. The molecule has 0 atom stereocenters. The third-order valence-electron chi connectivity index (χ3n) is 2.39. The maximum atomic E-state index is 11.1. The molecule has 17 heavy (non-hydrogen) atoms. The van der Waals surface area contributed by atoms with Crippen LogP contribution in [0.25, 0.3) is 0 Å². The summed E-state index contributed by atoms with van der Waals surface area (Å²) in [5, 5.41) is 27.3. The first-order chi connectivity index (χ1) is 7.88. The average molecular weight is 240 g/mol. The van der Waals surface area contributed by atoms with Gasteiger partial charge in [-0.05, 0) is 6.92 Å². The Morgan fingerprint density at radius 1 is 1.35 bits per heavy atom. The highest BCUT2D eigenvalue weighted by molar-refractivity contribution is 5.94. The van der Waals surface area contributed by atoms with E-state index in [2.05, 4.69) is 0 Å². The molecule has 0 aliphatic heterocycles. The number of methoxy groups -OCH3 is 1. The predicted molar refractivity (Wildman–Crippen MR) is 57.7 cm³/mol. The van der Waals surface area contributed by atoms with Crippen LogP contribution in [0, 0.1) is 6.92 Å². The molecule has 0 bridgehead atoms. The predicted octanol–water partition coefficient (Wildman–Crippen LogP) is 1.03. The molecular weight excluding hydrogens is 228 g/mol. The molecule has 0 aliphatic carbocycles. The number of rotatable bonds is 4. The van der Waals surface area contributed by atoms with Crippen LogP contribution in [0.2, 0.25) is 0 Å². The van der Waals surface area contributed by atoms with Gasteiger partial charge in [-0.3, -0.25) is 4.79 Å². The quantitative estimate of drug-likeness (QED) is 0.726. The molecule has 0 unspecified atom stereocenters. The standard InChI is InChI=1S/C11H12O6/c1-5-7(12)4-8(17-2)6(3-9(13)14)10(5)11(15)16/h4,12H,3H2,1-2H3,(H,13,14)(H,15,16). The van der Waals surface area contributed by atoms with Crippen molar-refractivity contribution in [3.05, 3.63) is 22.8 Å². The van der Waals surface area contributed by atoms with Crippen molar-refractivity contribution in [2.24, 2.45) is 0 Å². The molecule has 1 rings (SSSR count). The van der Waals surface area contributed by atoms with Gasteiger partial charge in [0.15, 0.2) is 0 Å². The minimum absolute atomic E-state index is 0.0443. The van der Waals surface area contributed by atoms with E-state index in [1.54, 1.807) is 0 Å². The summed E-state index contributed by atoms with van der Waals surface area (Å²) in [6.45, 7) is 1.41. The molecule has 0 saturated carbocycles. The van der Waals surface area contributed by atoms with Crippen LogP contribution < -0.4 is 4.74 Å². The fourth-order valence-electron chi connectivity index (χ4n) is 1.60. The van der Waals surface area contributed by atoms with Crippen molar-refractivity contribution >= 4 is 11.9 Å². The number of aromatic carboxylic acids is 1. The number of carboxylic acids is 2. The maximum absolute atomic E-state index is 11.1. The lowest BCUT2D eigenvalue weighted by Gasteiger charge is -2.13. The van der Waals surface area contributed by atoms with Crippen molar-refractivity contribution < 1.29 is 29.6 Å². The number of carboxylic acid groups (broad SMARTS) is 2. The number of phenolic OH excluding ortho intramolecular Hbond substituents is 1. The van der Waals surface area contributed by atoms with E-state index in [9.17, 15) is 14.7 Å². The monoisotopic (exact) mass is 240 g/mol. The molecule has 0 aliphatic rings. The molecule has 0 spiro atoms. The molecule has 6 nitrogen and oxygen atoms in total. The first-order valence-corrected chi connectivity index (χ1v) is 4.73. The van der Waals surface area contributed by atoms with E-state index in [-0.39, 0.29) is 28.2 Å². The van der Waals surface area contributed by atoms with Crippen molar-refractivity contribution in [1.82, 2.24) is 0 Å². The second-order valence-corrected chi connectivity index (χ2v) is 3.45. The Hall–Kier alpha value is -2.24. The van der Waals surface area contributed by atoms with Crippen LogP contribution in [0.3, 0.4) is 0 Å². The zero-order chi connectivity index (χ0) is 13.2. The van der Waals surface area contributed by atoms with Crippen LogP contribution in [0.4, 0.5) is 0 Å². The van der Waals surface area contributed by atoms with E-state index in [0.29, 0.717) is 0 Å². The summed E-state index contributed by atoms with van der Waals surface area (Å²) in [5.74, 6) is -2.66. The average Bonchev–Trinajstić information content (AvgIpc) is 2.22. The Morgan fingerprint density at radius 3 is 2.35 bits per heavy atom. The van der Waals surface area contributed by atoms with Crippen molar-refractivity contribution in [1.29, 1.82) is 0 Å². The number of ether oxygens (including phenoxy) is 1. The van der Waals surface area contributed by atoms with Gasteiger partial charge < -0.3 is 20.1 Å². The van der Waals surface area contributed by atoms with Gasteiger partial charge in [0.05, 0.1) is 19.1 Å². The molecular formula is C11H12O6. The zero-order valence-electron chi connectivity index (χ0n) is 9.35. The van der Waals surface area contributed by atoms with E-state index in [1.807, 2.05) is 0 Å². The Kier molecular flexibility index (Phi) is 3.57. The normalized spacial score (nSPS) is 10.0. The lowest BCUT2D eigenvalue weighted by Crippen LogP contribution is -2.11. The van der Waals surface area contributed by atoms with Crippen molar-refractivity contribution in [2.75, 3.05) is 7.11 Å². The van der Waals surface area contributed by atoms with Crippen LogP contribution in [-0.2, 0) is 11.2 Å². The first kappa shape index (κ1) is 12.8. The van der Waals surface area contributed by atoms with Gasteiger partial charge in [0, 0.05) is 17.2 Å². The number of carbonyl (C=O) groups is 2. The van der Waals surface area contributed by atoms with E-state index in [4.69, 9.17) is 14.9 Å². The fraction of sp³-hybridized carbons (Fsp3) is 0.273. The van der Waals surface area contributed by atoms with Gasteiger partial charge in [-0.2, -0.15) is 0 Å². The maximum Gasteiger partial charge on any atom is 0.336 e. The van der Waals surface area contributed by atoms with Gasteiger partial charge >= 0.3 is 11.9 Å². The SMILES string of the molecule is COc1cc(O)c(C)c(C(=O)O)c1CC(=O)O. The van der Waals surface area contributed by atoms with Gasteiger partial charge in [-0.1, -0.05) is 0 Å². The summed E-state index contributed by atoms with van der Waals surface area (Å²) in [5.41, 5.74) is -0.0680. The molecule has 92 valence electrons. The van der Waals surface area contributed by atoms with Gasteiger partial charge in [-0.15, -0.1) is 0 Å². The molecule has 3 N–H and O–H groups in total. The van der Waals surface area contributed by atoms with Gasteiger partial charge in [0.1, 0.15) is 11.5 Å². The molecule has 0 heterocycles.